The molecule has 17 heavy (non-hydrogen) atoms. The van der Waals surface area contributed by atoms with Crippen LogP contribution in [0.2, 0.25) is 0 Å². The minimum Gasteiger partial charge on any atom is -0.508 e. The number of aliphatic carboxylic acids is 1. The van der Waals surface area contributed by atoms with E-state index in [1.54, 1.807) is 25.6 Å². The number of nitrogens with zero attached hydrogens (tertiary/aromatic N) is 1. The summed E-state index contributed by atoms with van der Waals surface area (Å²) in [5.41, 5.74) is 0.860. The van der Waals surface area contributed by atoms with Gasteiger partial charge in [0.25, 0.3) is 0 Å². The first kappa shape index (κ1) is 16.4. The first-order valence-electron chi connectivity index (χ1n) is 4.27. The fourth-order valence-corrected chi connectivity index (χ4v) is 4.49. The maximum atomic E-state index is 11.4. The number of carboxylic acid groups (broad SMARTS) is 1. The third kappa shape index (κ3) is 3.68. The predicted octanol–water partition coefficient (Wildman–Crippen LogP) is 4.09. The molecule has 0 bridgehead atoms. The molecule has 0 saturated carbocycles. The third-order valence-corrected chi connectivity index (χ3v) is 9.81. The van der Waals surface area contributed by atoms with Gasteiger partial charge in [-0.2, -0.15) is 1.33 Å². The Morgan fingerprint density at radius 3 is 2.12 bits per heavy atom. The van der Waals surface area contributed by atoms with E-state index in [2.05, 4.69) is 22.6 Å². The summed E-state index contributed by atoms with van der Waals surface area (Å²) >= 11 is 7.97. The summed E-state index contributed by atoms with van der Waals surface area (Å²) in [7, 11) is 0. The second-order valence-corrected chi connectivity index (χ2v) is 9.83. The van der Waals surface area contributed by atoms with E-state index in [1.165, 1.54) is 0 Å². The highest BCUT2D eigenvalue weighted by Gasteiger charge is 2.47. The van der Waals surface area contributed by atoms with E-state index in [9.17, 15) is 15.0 Å². The summed E-state index contributed by atoms with van der Waals surface area (Å²) in [4.78, 5) is 11.4. The summed E-state index contributed by atoms with van der Waals surface area (Å²) in [6, 6.07) is 6.59. The van der Waals surface area contributed by atoms with Crippen LogP contribution in [0.4, 0.5) is 0 Å². The molecule has 1 rings (SSSR count). The van der Waals surface area contributed by atoms with E-state index in [0.717, 1.165) is 5.56 Å². The van der Waals surface area contributed by atoms with E-state index in [4.69, 9.17) is 0 Å². The topological polar surface area (TPSA) is 60.8 Å². The Morgan fingerprint density at radius 1 is 1.29 bits per heavy atom. The molecule has 0 amide bonds. The number of rotatable bonds is 4. The zero-order valence-electron chi connectivity index (χ0n) is 8.15. The van der Waals surface area contributed by atoms with E-state index < -0.39 is 9.51 Å². The van der Waals surface area contributed by atoms with Crippen LogP contribution in [-0.2, 0) is 4.79 Å². The van der Waals surface area contributed by atoms with Crippen LogP contribution in [-0.4, -0.2) is 21.1 Å². The minimum atomic E-state index is -1.05. The van der Waals surface area contributed by atoms with E-state index in [-0.39, 0.29) is 9.67 Å². The van der Waals surface area contributed by atoms with Crippen molar-refractivity contribution < 1.29 is 15.0 Å². The Bertz CT molecular complexity index is 411. The standard InChI is InChI=1S/C9H7I4NO3/c10-7(5-1-3-6(15)4-2-5)9(11,8(16)17)14(12)13/h1-4,7,15H,(H,16,17)/t7?,9-/m0/s1. The number of hydrogen-bond donors (Lipinski definition) is 2. The molecule has 0 aliphatic rings. The molecule has 1 unspecified atom stereocenters. The Balaban J connectivity index is 3.13. The van der Waals surface area contributed by atoms with Crippen LogP contribution in [0.5, 0.6) is 5.75 Å². The van der Waals surface area contributed by atoms with Crippen LogP contribution >= 0.6 is 90.9 Å². The monoisotopic (exact) mass is 685 g/mol. The van der Waals surface area contributed by atoms with Crippen LogP contribution in [0.1, 0.15) is 9.49 Å². The van der Waals surface area contributed by atoms with Gasteiger partial charge in [-0.1, -0.05) is 34.7 Å². The number of alkyl halides is 2. The predicted molar refractivity (Wildman–Crippen MR) is 99.1 cm³/mol. The smallest absolute Gasteiger partial charge is 0.337 e. The van der Waals surface area contributed by atoms with Crippen molar-refractivity contribution in [3.63, 3.8) is 0 Å². The summed E-state index contributed by atoms with van der Waals surface area (Å²) in [5.74, 6) is -0.720. The Hall–Kier alpha value is 1.37. The molecule has 0 radical (unpaired) electrons. The van der Waals surface area contributed by atoms with Crippen molar-refractivity contribution in [3.8, 4) is 5.75 Å². The van der Waals surface area contributed by atoms with Crippen molar-refractivity contribution in [2.24, 2.45) is 0 Å². The van der Waals surface area contributed by atoms with Gasteiger partial charge in [0, 0.05) is 45.7 Å². The summed E-state index contributed by atoms with van der Waals surface area (Å²) in [6.07, 6.45) is 0. The lowest BCUT2D eigenvalue weighted by molar-refractivity contribution is -0.140. The number of hydrogen-bond acceptors (Lipinski definition) is 3. The molecule has 2 atom stereocenters. The van der Waals surface area contributed by atoms with Gasteiger partial charge in [0.2, 0.25) is 3.55 Å². The summed E-state index contributed by atoms with van der Waals surface area (Å²) < 4.78 is 0.332. The van der Waals surface area contributed by atoms with Gasteiger partial charge in [-0.15, -0.1) is 0 Å². The van der Waals surface area contributed by atoms with Crippen LogP contribution in [0.15, 0.2) is 24.3 Å². The molecule has 0 saturated heterocycles. The first-order chi connectivity index (χ1) is 7.80. The van der Waals surface area contributed by atoms with Crippen molar-refractivity contribution >= 4 is 96.9 Å². The number of aromatic hydroxyl groups is 1. The summed E-state index contributed by atoms with van der Waals surface area (Å²) in [5, 5.41) is 18.6. The van der Waals surface area contributed by atoms with Crippen LogP contribution in [0.25, 0.3) is 0 Å². The number of phenolic OH excluding ortho intramolecular Hbond substituents is 1. The van der Waals surface area contributed by atoms with Gasteiger partial charge in [0.15, 0.2) is 0 Å². The zero-order valence-corrected chi connectivity index (χ0v) is 16.8. The third-order valence-electron chi connectivity index (χ3n) is 2.07. The van der Waals surface area contributed by atoms with Gasteiger partial charge in [0.1, 0.15) is 5.75 Å². The molecule has 1 aromatic carbocycles. The molecule has 0 heterocycles. The maximum Gasteiger partial charge on any atom is 0.337 e. The van der Waals surface area contributed by atoms with Crippen molar-refractivity contribution in [2.45, 2.75) is 7.47 Å². The molecule has 8 heteroatoms. The lowest BCUT2D eigenvalue weighted by atomic mass is 10.1. The molecule has 0 spiro atoms. The number of carboxylic acids is 1. The van der Waals surface area contributed by atoms with E-state index >= 15 is 0 Å². The highest BCUT2D eigenvalue weighted by atomic mass is 127. The fraction of sp³-hybridized carbons (Fsp3) is 0.222. The lowest BCUT2D eigenvalue weighted by Gasteiger charge is -2.31. The van der Waals surface area contributed by atoms with Gasteiger partial charge in [0.05, 0.1) is 3.92 Å². The van der Waals surface area contributed by atoms with Crippen LogP contribution in [0.3, 0.4) is 0 Å². The molecular weight excluding hydrogens is 678 g/mol. The first-order valence-corrected chi connectivity index (χ1v) is 8.52. The number of carbonyl (C=O) groups is 1. The molecule has 4 nitrogen and oxygen atoms in total. The van der Waals surface area contributed by atoms with Gasteiger partial charge in [-0.25, -0.2) is 4.79 Å². The van der Waals surface area contributed by atoms with Gasteiger partial charge < -0.3 is 10.2 Å². The van der Waals surface area contributed by atoms with Crippen molar-refractivity contribution in [1.82, 2.24) is 1.33 Å². The molecule has 0 fully saturated rings. The highest BCUT2D eigenvalue weighted by molar-refractivity contribution is 14.2. The highest BCUT2D eigenvalue weighted by Crippen LogP contribution is 2.47. The minimum absolute atomic E-state index is 0.174. The molecule has 0 aromatic heterocycles. The maximum absolute atomic E-state index is 11.4. The SMILES string of the molecule is O=C(O)[C@](I)(C(I)c1ccc(O)cc1)N(I)I. The average molecular weight is 685 g/mol. The fourth-order valence-electron chi connectivity index (χ4n) is 1.13. The Kier molecular flexibility index (Phi) is 6.47. The average Bonchev–Trinajstić information content (AvgIpc) is 2.27. The van der Waals surface area contributed by atoms with Crippen molar-refractivity contribution in [2.75, 3.05) is 0 Å². The van der Waals surface area contributed by atoms with Gasteiger partial charge in [-0.05, 0) is 40.3 Å². The largest absolute Gasteiger partial charge is 0.508 e. The normalized spacial score (nSPS) is 16.5. The van der Waals surface area contributed by atoms with E-state index in [0.29, 0.717) is 0 Å². The quantitative estimate of drug-likeness (QED) is 0.217. The van der Waals surface area contributed by atoms with Crippen LogP contribution < -0.4 is 0 Å². The Labute approximate surface area is 154 Å². The molecule has 1 aromatic rings. The molecule has 2 N–H and O–H groups in total. The molecule has 0 aliphatic carbocycles. The molecule has 0 aliphatic heterocycles. The second-order valence-electron chi connectivity index (χ2n) is 3.17. The summed E-state index contributed by atoms with van der Waals surface area (Å²) in [6.45, 7) is 0. The van der Waals surface area contributed by atoms with E-state index in [1.807, 2.05) is 68.3 Å². The van der Waals surface area contributed by atoms with Crippen LogP contribution in [0, 0.1) is 0 Å². The zero-order chi connectivity index (χ0) is 13.2. The number of benzene rings is 1. The van der Waals surface area contributed by atoms with Gasteiger partial charge >= 0.3 is 5.97 Å². The molecular formula is C9H7I4NO3. The molecule has 94 valence electrons. The lowest BCUT2D eigenvalue weighted by Crippen LogP contribution is -2.43. The number of halogens is 4. The number of phenols is 1. The Morgan fingerprint density at radius 2 is 1.76 bits per heavy atom. The van der Waals surface area contributed by atoms with Crippen molar-refractivity contribution in [3.05, 3.63) is 29.8 Å². The van der Waals surface area contributed by atoms with Gasteiger partial charge in [-0.3, -0.25) is 0 Å². The second kappa shape index (κ2) is 6.69. The van der Waals surface area contributed by atoms with Crippen molar-refractivity contribution in [1.29, 1.82) is 0 Å².